The van der Waals surface area contributed by atoms with Gasteiger partial charge in [0.25, 0.3) is 5.91 Å². The number of hydrogen-bond acceptors (Lipinski definition) is 4. The van der Waals surface area contributed by atoms with E-state index in [-0.39, 0.29) is 5.56 Å². The predicted molar refractivity (Wildman–Crippen MR) is 40.7 cm³/mol. The maximum Gasteiger partial charge on any atom is 0.277 e. The molecule has 1 aromatic heterocycles. The number of amides is 1. The van der Waals surface area contributed by atoms with Crippen molar-refractivity contribution in [2.24, 2.45) is 0 Å². The largest absolute Gasteiger partial charge is 0.288 e. The third-order valence-corrected chi connectivity index (χ3v) is 1.39. The van der Waals surface area contributed by atoms with E-state index in [0.29, 0.717) is 5.82 Å². The Labute approximate surface area is 69.4 Å². The molecule has 0 aromatic carbocycles. The summed E-state index contributed by atoms with van der Waals surface area (Å²) in [4.78, 5) is 18.5. The van der Waals surface area contributed by atoms with Crippen LogP contribution in [-0.2, 0) is 6.42 Å². The van der Waals surface area contributed by atoms with Gasteiger partial charge in [-0.3, -0.25) is 10.0 Å². The average molecular weight is 167 g/mol. The van der Waals surface area contributed by atoms with Gasteiger partial charge in [-0.05, 0) is 0 Å². The lowest BCUT2D eigenvalue weighted by molar-refractivity contribution is 0.0705. The summed E-state index contributed by atoms with van der Waals surface area (Å²) in [6, 6.07) is 0. The quantitative estimate of drug-likeness (QED) is 0.486. The van der Waals surface area contributed by atoms with Crippen molar-refractivity contribution in [2.45, 2.75) is 13.3 Å². The molecule has 0 aliphatic heterocycles. The molecule has 1 heterocycles. The van der Waals surface area contributed by atoms with Gasteiger partial charge in [-0.15, -0.1) is 0 Å². The minimum atomic E-state index is -0.599. The molecule has 1 amide bonds. The highest BCUT2D eigenvalue weighted by atomic mass is 16.5. The van der Waals surface area contributed by atoms with E-state index in [2.05, 4.69) is 9.97 Å². The Morgan fingerprint density at radius 3 is 2.58 bits per heavy atom. The van der Waals surface area contributed by atoms with Gasteiger partial charge in [0.05, 0.1) is 5.56 Å². The fourth-order valence-electron chi connectivity index (χ4n) is 0.719. The molecular formula is C7H9N3O2. The second-order valence-electron chi connectivity index (χ2n) is 2.18. The Hall–Kier alpha value is -1.49. The number of carbonyl (C=O) groups is 1. The number of aryl methyl sites for hydroxylation is 1. The van der Waals surface area contributed by atoms with Crippen LogP contribution in [0.1, 0.15) is 23.1 Å². The van der Waals surface area contributed by atoms with E-state index in [9.17, 15) is 4.79 Å². The Bertz CT molecular complexity index is 270. The fourth-order valence-corrected chi connectivity index (χ4v) is 0.719. The van der Waals surface area contributed by atoms with Crippen molar-refractivity contribution in [3.05, 3.63) is 23.8 Å². The van der Waals surface area contributed by atoms with Crippen LogP contribution in [0.5, 0.6) is 0 Å². The smallest absolute Gasteiger partial charge is 0.277 e. The predicted octanol–water partition coefficient (Wildman–Crippen LogP) is 0.158. The van der Waals surface area contributed by atoms with Crippen LogP contribution in [0.25, 0.3) is 0 Å². The van der Waals surface area contributed by atoms with E-state index in [0.717, 1.165) is 6.42 Å². The molecule has 1 aromatic rings. The molecule has 0 aliphatic rings. The summed E-state index contributed by atoms with van der Waals surface area (Å²) in [6.07, 6.45) is 3.47. The summed E-state index contributed by atoms with van der Waals surface area (Å²) in [7, 11) is 0. The molecule has 0 atom stereocenters. The number of carbonyl (C=O) groups excluding carboxylic acids is 1. The molecule has 0 saturated carbocycles. The molecule has 0 saturated heterocycles. The number of nitrogens with one attached hydrogen (secondary N) is 1. The minimum absolute atomic E-state index is 0.245. The molecule has 1 rings (SSSR count). The van der Waals surface area contributed by atoms with Crippen molar-refractivity contribution in [1.29, 1.82) is 0 Å². The lowest BCUT2D eigenvalue weighted by Crippen LogP contribution is -2.19. The van der Waals surface area contributed by atoms with Gasteiger partial charge in [-0.1, -0.05) is 6.92 Å². The maximum atomic E-state index is 10.8. The first-order valence-electron chi connectivity index (χ1n) is 3.53. The van der Waals surface area contributed by atoms with Gasteiger partial charge in [0.15, 0.2) is 0 Å². The van der Waals surface area contributed by atoms with E-state index in [4.69, 9.17) is 5.21 Å². The zero-order valence-electron chi connectivity index (χ0n) is 6.61. The Morgan fingerprint density at radius 2 is 2.17 bits per heavy atom. The highest BCUT2D eigenvalue weighted by molar-refractivity contribution is 5.92. The monoisotopic (exact) mass is 167 g/mol. The van der Waals surface area contributed by atoms with Gasteiger partial charge in [0.1, 0.15) is 5.82 Å². The van der Waals surface area contributed by atoms with Gasteiger partial charge in [0, 0.05) is 18.8 Å². The van der Waals surface area contributed by atoms with Crippen LogP contribution in [0, 0.1) is 0 Å². The molecule has 64 valence electrons. The van der Waals surface area contributed by atoms with Crippen molar-refractivity contribution in [2.75, 3.05) is 0 Å². The number of nitrogens with zero attached hydrogens (tertiary/aromatic N) is 2. The van der Waals surface area contributed by atoms with Crippen LogP contribution in [0.4, 0.5) is 0 Å². The normalized spacial score (nSPS) is 9.50. The van der Waals surface area contributed by atoms with Crippen LogP contribution >= 0.6 is 0 Å². The summed E-state index contributed by atoms with van der Waals surface area (Å²) >= 11 is 0. The molecule has 0 aliphatic carbocycles. The highest BCUT2D eigenvalue weighted by Gasteiger charge is 2.03. The topological polar surface area (TPSA) is 75.1 Å². The zero-order valence-corrected chi connectivity index (χ0v) is 6.61. The first-order valence-corrected chi connectivity index (χ1v) is 3.53. The summed E-state index contributed by atoms with van der Waals surface area (Å²) in [5.74, 6) is 0.0714. The SMILES string of the molecule is CCc1ncc(C(=O)NO)cn1. The van der Waals surface area contributed by atoms with E-state index >= 15 is 0 Å². The molecule has 0 spiro atoms. The Morgan fingerprint density at radius 1 is 1.58 bits per heavy atom. The standard InChI is InChI=1S/C7H9N3O2/c1-2-6-8-3-5(4-9-6)7(11)10-12/h3-4,12H,2H2,1H3,(H,10,11). The van der Waals surface area contributed by atoms with Gasteiger partial charge < -0.3 is 0 Å². The third-order valence-electron chi connectivity index (χ3n) is 1.39. The second-order valence-corrected chi connectivity index (χ2v) is 2.18. The number of rotatable bonds is 2. The average Bonchev–Trinajstić information content (AvgIpc) is 2.17. The summed E-state index contributed by atoms with van der Waals surface area (Å²) in [5.41, 5.74) is 1.74. The van der Waals surface area contributed by atoms with E-state index in [1.54, 1.807) is 0 Å². The Balaban J connectivity index is 2.84. The Kier molecular flexibility index (Phi) is 2.71. The molecule has 0 bridgehead atoms. The molecule has 0 unspecified atom stereocenters. The van der Waals surface area contributed by atoms with E-state index in [1.807, 2.05) is 6.92 Å². The van der Waals surface area contributed by atoms with Crippen LogP contribution in [-0.4, -0.2) is 21.1 Å². The highest BCUT2D eigenvalue weighted by Crippen LogP contribution is 1.95. The third kappa shape index (κ3) is 1.76. The van der Waals surface area contributed by atoms with Crippen molar-refractivity contribution >= 4 is 5.91 Å². The van der Waals surface area contributed by atoms with Crippen LogP contribution in [0.2, 0.25) is 0 Å². The van der Waals surface area contributed by atoms with Gasteiger partial charge in [-0.25, -0.2) is 15.4 Å². The summed E-state index contributed by atoms with van der Waals surface area (Å²) < 4.78 is 0. The fraction of sp³-hybridized carbons (Fsp3) is 0.286. The van der Waals surface area contributed by atoms with Gasteiger partial charge in [-0.2, -0.15) is 0 Å². The first kappa shape index (κ1) is 8.61. The minimum Gasteiger partial charge on any atom is -0.288 e. The summed E-state index contributed by atoms with van der Waals surface area (Å²) in [6.45, 7) is 1.92. The molecular weight excluding hydrogens is 158 g/mol. The second kappa shape index (κ2) is 3.77. The lowest BCUT2D eigenvalue weighted by Gasteiger charge is -1.97. The molecule has 5 heteroatoms. The first-order chi connectivity index (χ1) is 5.77. The van der Waals surface area contributed by atoms with Crippen LogP contribution in [0.3, 0.4) is 0 Å². The van der Waals surface area contributed by atoms with Gasteiger partial charge in [0.2, 0.25) is 0 Å². The lowest BCUT2D eigenvalue weighted by atomic mass is 10.3. The van der Waals surface area contributed by atoms with Gasteiger partial charge >= 0.3 is 0 Å². The van der Waals surface area contributed by atoms with Crippen molar-refractivity contribution < 1.29 is 10.0 Å². The number of hydrogen-bond donors (Lipinski definition) is 2. The zero-order chi connectivity index (χ0) is 8.97. The maximum absolute atomic E-state index is 10.8. The van der Waals surface area contributed by atoms with Crippen molar-refractivity contribution in [1.82, 2.24) is 15.4 Å². The summed E-state index contributed by atoms with van der Waals surface area (Å²) in [5, 5.41) is 8.26. The number of hydroxylamine groups is 1. The molecule has 0 radical (unpaired) electrons. The van der Waals surface area contributed by atoms with E-state index < -0.39 is 5.91 Å². The van der Waals surface area contributed by atoms with E-state index in [1.165, 1.54) is 17.9 Å². The molecule has 12 heavy (non-hydrogen) atoms. The van der Waals surface area contributed by atoms with Crippen molar-refractivity contribution in [3.8, 4) is 0 Å². The van der Waals surface area contributed by atoms with Crippen LogP contribution < -0.4 is 5.48 Å². The molecule has 5 nitrogen and oxygen atoms in total. The number of aromatic nitrogens is 2. The van der Waals surface area contributed by atoms with Crippen molar-refractivity contribution in [3.63, 3.8) is 0 Å². The molecule has 2 N–H and O–H groups in total. The van der Waals surface area contributed by atoms with Crippen LogP contribution in [0.15, 0.2) is 12.4 Å². The molecule has 0 fully saturated rings.